The third-order valence-corrected chi connectivity index (χ3v) is 4.24. The Balaban J connectivity index is 1.59. The Morgan fingerprint density at radius 3 is 2.68 bits per heavy atom. The summed E-state index contributed by atoms with van der Waals surface area (Å²) in [5.74, 6) is 1.66. The van der Waals surface area contributed by atoms with Crippen LogP contribution in [0.5, 0.6) is 0 Å². The molecule has 120 valence electrons. The van der Waals surface area contributed by atoms with Crippen molar-refractivity contribution in [1.29, 1.82) is 0 Å². The van der Waals surface area contributed by atoms with Gasteiger partial charge in [0.05, 0.1) is 0 Å². The molecule has 1 aromatic heterocycles. The van der Waals surface area contributed by atoms with E-state index in [-0.39, 0.29) is 5.91 Å². The van der Waals surface area contributed by atoms with Crippen LogP contribution in [0.25, 0.3) is 0 Å². The van der Waals surface area contributed by atoms with Gasteiger partial charge in [-0.1, -0.05) is 13.8 Å². The smallest absolute Gasteiger partial charge is 0.251 e. The highest BCUT2D eigenvalue weighted by atomic mass is 16.1. The van der Waals surface area contributed by atoms with Crippen LogP contribution in [0, 0.1) is 5.92 Å². The second-order valence-corrected chi connectivity index (χ2v) is 6.83. The number of nitrogens with zero attached hydrogens (tertiary/aromatic N) is 3. The molecule has 1 aromatic rings. The van der Waals surface area contributed by atoms with E-state index in [2.05, 4.69) is 33.9 Å². The molecule has 0 bridgehead atoms. The minimum absolute atomic E-state index is 0.0320. The fourth-order valence-corrected chi connectivity index (χ4v) is 2.90. The molecule has 22 heavy (non-hydrogen) atoms. The molecule has 5 nitrogen and oxygen atoms in total. The van der Waals surface area contributed by atoms with Gasteiger partial charge in [-0.05, 0) is 30.9 Å². The first-order valence-electron chi connectivity index (χ1n) is 8.36. The van der Waals surface area contributed by atoms with Crippen LogP contribution >= 0.6 is 0 Å². The Bertz CT molecular complexity index is 519. The first-order valence-corrected chi connectivity index (χ1v) is 8.36. The maximum absolute atomic E-state index is 12.1. The van der Waals surface area contributed by atoms with Crippen molar-refractivity contribution in [2.45, 2.75) is 32.7 Å². The minimum atomic E-state index is 0.0320. The molecule has 0 unspecified atom stereocenters. The van der Waals surface area contributed by atoms with E-state index in [1.165, 1.54) is 0 Å². The lowest BCUT2D eigenvalue weighted by atomic mass is 10.2. The Hall–Kier alpha value is -1.62. The van der Waals surface area contributed by atoms with Crippen LogP contribution in [0.15, 0.2) is 18.3 Å². The van der Waals surface area contributed by atoms with Crippen molar-refractivity contribution >= 4 is 11.7 Å². The number of aromatic nitrogens is 1. The molecule has 1 aliphatic carbocycles. The number of hydrogen-bond acceptors (Lipinski definition) is 4. The second-order valence-electron chi connectivity index (χ2n) is 6.83. The highest BCUT2D eigenvalue weighted by molar-refractivity contribution is 5.95. The zero-order valence-electron chi connectivity index (χ0n) is 13.6. The van der Waals surface area contributed by atoms with Gasteiger partial charge in [0, 0.05) is 50.5 Å². The van der Waals surface area contributed by atoms with E-state index in [4.69, 9.17) is 0 Å². The molecule has 0 atom stereocenters. The molecule has 2 heterocycles. The van der Waals surface area contributed by atoms with Crippen LogP contribution in [0.3, 0.4) is 0 Å². The normalized spacial score (nSPS) is 19.5. The van der Waals surface area contributed by atoms with E-state index >= 15 is 0 Å². The summed E-state index contributed by atoms with van der Waals surface area (Å²) in [6.07, 6.45) is 3.97. The first kappa shape index (κ1) is 15.3. The first-order chi connectivity index (χ1) is 10.6. The highest BCUT2D eigenvalue weighted by Gasteiger charge is 2.24. The number of hydrogen-bond donors (Lipinski definition) is 1. The summed E-state index contributed by atoms with van der Waals surface area (Å²) in [6.45, 7) is 9.77. The molecule has 0 aromatic carbocycles. The van der Waals surface area contributed by atoms with Gasteiger partial charge in [-0.25, -0.2) is 4.98 Å². The molecule has 2 fully saturated rings. The quantitative estimate of drug-likeness (QED) is 0.900. The van der Waals surface area contributed by atoms with Gasteiger partial charge in [-0.3, -0.25) is 9.69 Å². The van der Waals surface area contributed by atoms with E-state index in [0.29, 0.717) is 12.0 Å². The standard InChI is InChI=1S/C17H26N4O/c1-13(2)12-20-7-9-21(10-8-20)16-11-14(5-6-18-16)17(22)19-15-3-4-15/h5-6,11,13,15H,3-4,7-10,12H2,1-2H3,(H,19,22). The predicted molar refractivity (Wildman–Crippen MR) is 88.2 cm³/mol. The summed E-state index contributed by atoms with van der Waals surface area (Å²) in [5, 5.41) is 3.04. The van der Waals surface area contributed by atoms with Crippen LogP contribution in [0.2, 0.25) is 0 Å². The third kappa shape index (κ3) is 3.97. The van der Waals surface area contributed by atoms with E-state index in [1.54, 1.807) is 12.3 Å². The molecule has 0 radical (unpaired) electrons. The number of anilines is 1. The van der Waals surface area contributed by atoms with Crippen molar-refractivity contribution in [3.63, 3.8) is 0 Å². The van der Waals surface area contributed by atoms with E-state index in [9.17, 15) is 4.79 Å². The Morgan fingerprint density at radius 1 is 1.32 bits per heavy atom. The van der Waals surface area contributed by atoms with E-state index in [1.807, 2.05) is 6.07 Å². The zero-order chi connectivity index (χ0) is 15.5. The molecule has 1 saturated heterocycles. The monoisotopic (exact) mass is 302 g/mol. The van der Waals surface area contributed by atoms with Crippen LogP contribution in [-0.4, -0.2) is 54.6 Å². The summed E-state index contributed by atoms with van der Waals surface area (Å²) in [4.78, 5) is 21.4. The maximum atomic E-state index is 12.1. The van der Waals surface area contributed by atoms with Crippen LogP contribution in [-0.2, 0) is 0 Å². The van der Waals surface area contributed by atoms with Crippen molar-refractivity contribution in [2.24, 2.45) is 5.92 Å². The summed E-state index contributed by atoms with van der Waals surface area (Å²) < 4.78 is 0. The van der Waals surface area contributed by atoms with Gasteiger partial charge in [0.1, 0.15) is 5.82 Å². The largest absolute Gasteiger partial charge is 0.354 e. The van der Waals surface area contributed by atoms with Crippen molar-refractivity contribution in [2.75, 3.05) is 37.6 Å². The van der Waals surface area contributed by atoms with Gasteiger partial charge in [-0.15, -0.1) is 0 Å². The number of carbonyl (C=O) groups is 1. The zero-order valence-corrected chi connectivity index (χ0v) is 13.6. The lowest BCUT2D eigenvalue weighted by Crippen LogP contribution is -2.47. The topological polar surface area (TPSA) is 48.5 Å². The number of amides is 1. The van der Waals surface area contributed by atoms with Crippen LogP contribution in [0.4, 0.5) is 5.82 Å². The van der Waals surface area contributed by atoms with Gasteiger partial charge in [0.25, 0.3) is 5.91 Å². The van der Waals surface area contributed by atoms with Crippen molar-refractivity contribution < 1.29 is 4.79 Å². The van der Waals surface area contributed by atoms with Crippen LogP contribution in [0.1, 0.15) is 37.0 Å². The van der Waals surface area contributed by atoms with Crippen molar-refractivity contribution in [3.05, 3.63) is 23.9 Å². The molecule has 3 rings (SSSR count). The Labute approximate surface area is 132 Å². The highest BCUT2D eigenvalue weighted by Crippen LogP contribution is 2.20. The molecule has 0 spiro atoms. The van der Waals surface area contributed by atoms with E-state index < -0.39 is 0 Å². The Morgan fingerprint density at radius 2 is 2.05 bits per heavy atom. The summed E-state index contributed by atoms with van der Waals surface area (Å²) in [5.41, 5.74) is 0.724. The predicted octanol–water partition coefficient (Wildman–Crippen LogP) is 1.75. The van der Waals surface area contributed by atoms with Crippen molar-refractivity contribution in [1.82, 2.24) is 15.2 Å². The summed E-state index contributed by atoms with van der Waals surface area (Å²) in [7, 11) is 0. The molecule has 2 aliphatic rings. The summed E-state index contributed by atoms with van der Waals surface area (Å²) >= 11 is 0. The number of pyridine rings is 1. The maximum Gasteiger partial charge on any atom is 0.251 e. The van der Waals surface area contributed by atoms with Gasteiger partial charge >= 0.3 is 0 Å². The lowest BCUT2D eigenvalue weighted by molar-refractivity contribution is 0.0951. The second kappa shape index (κ2) is 6.65. The SMILES string of the molecule is CC(C)CN1CCN(c2cc(C(=O)NC3CC3)ccn2)CC1. The number of rotatable bonds is 5. The number of nitrogens with one attached hydrogen (secondary N) is 1. The average Bonchev–Trinajstić information content (AvgIpc) is 3.31. The molecule has 5 heteroatoms. The van der Waals surface area contributed by atoms with Gasteiger partial charge in [0.2, 0.25) is 0 Å². The number of piperazine rings is 1. The Kier molecular flexibility index (Phi) is 4.62. The number of carbonyl (C=O) groups excluding carboxylic acids is 1. The third-order valence-electron chi connectivity index (χ3n) is 4.24. The van der Waals surface area contributed by atoms with Gasteiger partial charge in [-0.2, -0.15) is 0 Å². The van der Waals surface area contributed by atoms with Crippen LogP contribution < -0.4 is 10.2 Å². The fourth-order valence-electron chi connectivity index (χ4n) is 2.90. The molecule has 1 saturated carbocycles. The van der Waals surface area contributed by atoms with Gasteiger partial charge < -0.3 is 10.2 Å². The van der Waals surface area contributed by atoms with Crippen molar-refractivity contribution in [3.8, 4) is 0 Å². The minimum Gasteiger partial charge on any atom is -0.354 e. The molecular formula is C17H26N4O. The molecule has 1 aliphatic heterocycles. The van der Waals surface area contributed by atoms with Gasteiger partial charge in [0.15, 0.2) is 0 Å². The average molecular weight is 302 g/mol. The molecule has 1 N–H and O–H groups in total. The van der Waals surface area contributed by atoms with E-state index in [0.717, 1.165) is 56.9 Å². The molecule has 1 amide bonds. The summed E-state index contributed by atoms with van der Waals surface area (Å²) in [6, 6.07) is 4.12. The lowest BCUT2D eigenvalue weighted by Gasteiger charge is -2.36. The molecular weight excluding hydrogens is 276 g/mol. The fraction of sp³-hybridized carbons (Fsp3) is 0.647.